The molecule has 0 heterocycles. The van der Waals surface area contributed by atoms with Crippen LogP contribution in [0.15, 0.2) is 24.3 Å². The van der Waals surface area contributed by atoms with Gasteiger partial charge in [0, 0.05) is 5.69 Å². The van der Waals surface area contributed by atoms with E-state index in [1.807, 2.05) is 6.07 Å². The van der Waals surface area contributed by atoms with Crippen LogP contribution in [0.4, 0.5) is 10.5 Å². The molecule has 4 N–H and O–H groups in total. The molecule has 86 valence electrons. The van der Waals surface area contributed by atoms with Crippen LogP contribution in [-0.4, -0.2) is 17.1 Å². The van der Waals surface area contributed by atoms with E-state index in [0.29, 0.717) is 12.1 Å². The van der Waals surface area contributed by atoms with Crippen LogP contribution >= 0.6 is 0 Å². The van der Waals surface area contributed by atoms with Crippen LogP contribution in [0.1, 0.15) is 12.5 Å². The van der Waals surface area contributed by atoms with E-state index in [-0.39, 0.29) is 0 Å². The van der Waals surface area contributed by atoms with Gasteiger partial charge in [0.05, 0.1) is 5.92 Å². The van der Waals surface area contributed by atoms with Crippen LogP contribution in [0.2, 0.25) is 0 Å². The van der Waals surface area contributed by atoms with Crippen molar-refractivity contribution in [1.82, 2.24) is 0 Å². The number of nitrogens with two attached hydrogens (primary N) is 1. The Bertz CT molecular complexity index is 404. The molecule has 0 aromatic heterocycles. The highest BCUT2D eigenvalue weighted by atomic mass is 16.4. The lowest BCUT2D eigenvalue weighted by atomic mass is 10.0. The summed E-state index contributed by atoms with van der Waals surface area (Å²) in [5, 5.41) is 11.2. The molecule has 1 atom stereocenters. The number of carbonyl (C=O) groups is 2. The Morgan fingerprint density at radius 1 is 1.50 bits per heavy atom. The maximum atomic E-state index is 10.7. The molecule has 5 heteroatoms. The van der Waals surface area contributed by atoms with Crippen molar-refractivity contribution in [2.45, 2.75) is 13.3 Å². The Hall–Kier alpha value is -2.04. The zero-order valence-electron chi connectivity index (χ0n) is 8.93. The Morgan fingerprint density at radius 3 is 2.75 bits per heavy atom. The van der Waals surface area contributed by atoms with Gasteiger partial charge in [0.15, 0.2) is 0 Å². The Labute approximate surface area is 93.3 Å². The number of hydrogen-bond donors (Lipinski definition) is 3. The summed E-state index contributed by atoms with van der Waals surface area (Å²) in [7, 11) is 0. The van der Waals surface area contributed by atoms with Crippen molar-refractivity contribution in [1.29, 1.82) is 0 Å². The topological polar surface area (TPSA) is 92.4 Å². The number of rotatable bonds is 4. The molecule has 1 unspecified atom stereocenters. The quantitative estimate of drug-likeness (QED) is 0.719. The number of urea groups is 1. The third-order valence-corrected chi connectivity index (χ3v) is 2.16. The van der Waals surface area contributed by atoms with E-state index < -0.39 is 17.9 Å². The lowest BCUT2D eigenvalue weighted by Gasteiger charge is -2.08. The number of carboxylic acid groups (broad SMARTS) is 1. The first-order chi connectivity index (χ1) is 7.49. The highest BCUT2D eigenvalue weighted by molar-refractivity contribution is 5.87. The summed E-state index contributed by atoms with van der Waals surface area (Å²) in [4.78, 5) is 21.3. The normalized spacial score (nSPS) is 11.8. The van der Waals surface area contributed by atoms with Crippen LogP contribution in [0.5, 0.6) is 0 Å². The molecular weight excluding hydrogens is 208 g/mol. The van der Waals surface area contributed by atoms with E-state index in [4.69, 9.17) is 10.8 Å². The molecule has 0 saturated carbocycles. The third-order valence-electron chi connectivity index (χ3n) is 2.16. The molecule has 16 heavy (non-hydrogen) atoms. The van der Waals surface area contributed by atoms with Gasteiger partial charge in [0.2, 0.25) is 0 Å². The van der Waals surface area contributed by atoms with E-state index in [2.05, 4.69) is 5.32 Å². The number of carbonyl (C=O) groups excluding carboxylic acids is 1. The molecule has 0 bridgehead atoms. The molecule has 0 aliphatic heterocycles. The van der Waals surface area contributed by atoms with Gasteiger partial charge in [-0.2, -0.15) is 0 Å². The number of nitrogens with one attached hydrogen (secondary N) is 1. The maximum absolute atomic E-state index is 10.7. The van der Waals surface area contributed by atoms with Crippen molar-refractivity contribution < 1.29 is 14.7 Å². The molecule has 0 saturated heterocycles. The fourth-order valence-corrected chi connectivity index (χ4v) is 1.36. The van der Waals surface area contributed by atoms with Gasteiger partial charge < -0.3 is 16.2 Å². The molecule has 1 rings (SSSR count). The standard InChI is InChI=1S/C11H14N2O3/c1-7(10(14)15)5-8-3-2-4-9(6-8)13-11(12)16/h2-4,6-7H,5H2,1H3,(H,14,15)(H3,12,13,16). The summed E-state index contributed by atoms with van der Waals surface area (Å²) in [6.07, 6.45) is 0.420. The van der Waals surface area contributed by atoms with Gasteiger partial charge in [-0.1, -0.05) is 19.1 Å². The molecule has 1 aromatic carbocycles. The van der Waals surface area contributed by atoms with Crippen LogP contribution in [-0.2, 0) is 11.2 Å². The zero-order valence-corrected chi connectivity index (χ0v) is 8.93. The largest absolute Gasteiger partial charge is 0.481 e. The smallest absolute Gasteiger partial charge is 0.316 e. The highest BCUT2D eigenvalue weighted by Gasteiger charge is 2.11. The summed E-state index contributed by atoms with van der Waals surface area (Å²) in [6, 6.07) is 6.33. The minimum Gasteiger partial charge on any atom is -0.481 e. The van der Waals surface area contributed by atoms with E-state index in [9.17, 15) is 9.59 Å². The fraction of sp³-hybridized carbons (Fsp3) is 0.273. The second kappa shape index (κ2) is 5.16. The van der Waals surface area contributed by atoms with Gasteiger partial charge in [0.1, 0.15) is 0 Å². The van der Waals surface area contributed by atoms with Crippen LogP contribution in [0, 0.1) is 5.92 Å². The summed E-state index contributed by atoms with van der Waals surface area (Å²) >= 11 is 0. The molecule has 0 aliphatic rings. The number of amides is 2. The summed E-state index contributed by atoms with van der Waals surface area (Å²) < 4.78 is 0. The molecular formula is C11H14N2O3. The first kappa shape index (κ1) is 12.0. The maximum Gasteiger partial charge on any atom is 0.316 e. The molecule has 0 radical (unpaired) electrons. The summed E-state index contributed by atoms with van der Waals surface area (Å²) in [6.45, 7) is 1.64. The molecule has 0 aliphatic carbocycles. The average molecular weight is 222 g/mol. The Kier molecular flexibility index (Phi) is 3.88. The molecule has 5 nitrogen and oxygen atoms in total. The summed E-state index contributed by atoms with van der Waals surface area (Å²) in [5.41, 5.74) is 6.40. The summed E-state index contributed by atoms with van der Waals surface area (Å²) in [5.74, 6) is -1.29. The van der Waals surface area contributed by atoms with E-state index in [1.165, 1.54) is 0 Å². The fourth-order valence-electron chi connectivity index (χ4n) is 1.36. The number of primary amides is 1. The highest BCUT2D eigenvalue weighted by Crippen LogP contribution is 2.14. The van der Waals surface area contributed by atoms with Crippen molar-refractivity contribution in [3.05, 3.63) is 29.8 Å². The van der Waals surface area contributed by atoms with Gasteiger partial charge in [-0.3, -0.25) is 4.79 Å². The molecule has 2 amide bonds. The van der Waals surface area contributed by atoms with E-state index >= 15 is 0 Å². The molecule has 1 aromatic rings. The number of benzene rings is 1. The number of hydrogen-bond acceptors (Lipinski definition) is 2. The predicted octanol–water partition coefficient (Wildman–Crippen LogP) is 1.44. The number of aliphatic carboxylic acids is 1. The minimum absolute atomic E-state index is 0.420. The number of anilines is 1. The van der Waals surface area contributed by atoms with Crippen LogP contribution < -0.4 is 11.1 Å². The van der Waals surface area contributed by atoms with Crippen LogP contribution in [0.3, 0.4) is 0 Å². The average Bonchev–Trinajstić information content (AvgIpc) is 2.16. The molecule has 0 fully saturated rings. The van der Waals surface area contributed by atoms with Gasteiger partial charge in [0.25, 0.3) is 0 Å². The van der Waals surface area contributed by atoms with Crippen molar-refractivity contribution >= 4 is 17.7 Å². The van der Waals surface area contributed by atoms with Crippen LogP contribution in [0.25, 0.3) is 0 Å². The minimum atomic E-state index is -0.840. The lowest BCUT2D eigenvalue weighted by Crippen LogP contribution is -2.19. The first-order valence-corrected chi connectivity index (χ1v) is 4.87. The predicted molar refractivity (Wildman–Crippen MR) is 60.2 cm³/mol. The first-order valence-electron chi connectivity index (χ1n) is 4.87. The monoisotopic (exact) mass is 222 g/mol. The van der Waals surface area contributed by atoms with Crippen molar-refractivity contribution in [3.8, 4) is 0 Å². The number of carboxylic acids is 1. The van der Waals surface area contributed by atoms with Gasteiger partial charge >= 0.3 is 12.0 Å². The second-order valence-corrected chi connectivity index (χ2v) is 3.63. The van der Waals surface area contributed by atoms with Crippen molar-refractivity contribution in [2.75, 3.05) is 5.32 Å². The van der Waals surface area contributed by atoms with Crippen molar-refractivity contribution in [2.24, 2.45) is 11.7 Å². The Morgan fingerprint density at radius 2 is 2.19 bits per heavy atom. The SMILES string of the molecule is CC(Cc1cccc(NC(N)=O)c1)C(=O)O. The van der Waals surface area contributed by atoms with Gasteiger partial charge in [-0.25, -0.2) is 4.79 Å². The van der Waals surface area contributed by atoms with E-state index in [0.717, 1.165) is 5.56 Å². The van der Waals surface area contributed by atoms with Crippen molar-refractivity contribution in [3.63, 3.8) is 0 Å². The Balaban J connectivity index is 2.74. The second-order valence-electron chi connectivity index (χ2n) is 3.63. The lowest BCUT2D eigenvalue weighted by molar-refractivity contribution is -0.141. The zero-order chi connectivity index (χ0) is 12.1. The van der Waals surface area contributed by atoms with Gasteiger partial charge in [-0.15, -0.1) is 0 Å². The third kappa shape index (κ3) is 3.61. The van der Waals surface area contributed by atoms with E-state index in [1.54, 1.807) is 25.1 Å². The molecule has 0 spiro atoms. The van der Waals surface area contributed by atoms with Gasteiger partial charge in [-0.05, 0) is 24.1 Å².